The van der Waals surface area contributed by atoms with Crippen LogP contribution in [0, 0.1) is 0 Å². The molecule has 71 heavy (non-hydrogen) atoms. The summed E-state index contributed by atoms with van der Waals surface area (Å²) in [5, 5.41) is 26.0. The molecule has 2 aromatic heterocycles. The molecule has 5 aromatic carbocycles. The fourth-order valence-electron chi connectivity index (χ4n) is 7.84. The minimum Gasteiger partial charge on any atom is -0.448 e. The number of ether oxygens (including phenoxy) is 2. The second kappa shape index (κ2) is 21.8. The Morgan fingerprint density at radius 1 is 0.817 bits per heavy atom. The van der Waals surface area contributed by atoms with Gasteiger partial charge in [-0.2, -0.15) is 0 Å². The van der Waals surface area contributed by atoms with Crippen LogP contribution < -0.4 is 10.6 Å². The average Bonchev–Trinajstić information content (AvgIpc) is 4.09. The van der Waals surface area contributed by atoms with Gasteiger partial charge in [0, 0.05) is 32.7 Å². The Labute approximate surface area is 425 Å². The lowest BCUT2D eigenvalue weighted by molar-refractivity contribution is -0.154. The molecule has 0 aliphatic carbocycles. The summed E-state index contributed by atoms with van der Waals surface area (Å²) < 4.78 is 11.8. The SMILES string of the molecule is CC(C)(C)OC(=O)Nc1nc(/C(=N/OC(c2ccccc2)(c2ccccc2)c2ccccc2)C(=O)N[C@@H]2C(=O)N3C(C(=O)OC(c4ccccc4)c4ccccc4)=C(SCSc4nnn[nH]4)CS[C@H]23)cs1. The molecule has 7 aromatic rings. The van der Waals surface area contributed by atoms with Gasteiger partial charge < -0.3 is 19.6 Å². The first kappa shape index (κ1) is 48.8. The van der Waals surface area contributed by atoms with Gasteiger partial charge in [-0.1, -0.05) is 169 Å². The van der Waals surface area contributed by atoms with E-state index in [1.165, 1.54) is 40.2 Å². The number of nitrogens with zero attached hydrogens (tertiary/aromatic N) is 6. The van der Waals surface area contributed by atoms with Crippen LogP contribution in [0.2, 0.25) is 0 Å². The van der Waals surface area contributed by atoms with Crippen LogP contribution in [-0.4, -0.2) is 88.0 Å². The van der Waals surface area contributed by atoms with Gasteiger partial charge in [-0.3, -0.25) is 19.8 Å². The molecule has 0 spiro atoms. The summed E-state index contributed by atoms with van der Waals surface area (Å²) in [7, 11) is 0. The number of hydrogen-bond donors (Lipinski definition) is 3. The van der Waals surface area contributed by atoms with Crippen LogP contribution in [-0.2, 0) is 34.3 Å². The summed E-state index contributed by atoms with van der Waals surface area (Å²) >= 11 is 5.14. The third kappa shape index (κ3) is 11.0. The molecule has 20 heteroatoms. The number of hydrogen-bond acceptors (Lipinski definition) is 16. The number of rotatable bonds is 17. The zero-order chi connectivity index (χ0) is 49.4. The van der Waals surface area contributed by atoms with Crippen molar-refractivity contribution in [3.05, 3.63) is 201 Å². The topological polar surface area (TPSA) is 203 Å². The summed E-state index contributed by atoms with van der Waals surface area (Å²) in [6.45, 7) is 5.22. The van der Waals surface area contributed by atoms with Crippen molar-refractivity contribution < 1.29 is 33.5 Å². The average molecular weight is 1020 g/mol. The third-order valence-corrected chi connectivity index (χ3v) is 15.3. The number of H-pyrrole nitrogens is 1. The van der Waals surface area contributed by atoms with E-state index in [4.69, 9.17) is 14.3 Å². The molecule has 0 bridgehead atoms. The number of tetrazole rings is 1. The van der Waals surface area contributed by atoms with Crippen LogP contribution in [0.3, 0.4) is 0 Å². The van der Waals surface area contributed by atoms with Gasteiger partial charge in [0.2, 0.25) is 10.8 Å². The number of benzene rings is 5. The Kier molecular flexibility index (Phi) is 15.0. The zero-order valence-electron chi connectivity index (χ0n) is 38.3. The molecule has 2 aliphatic heterocycles. The van der Waals surface area contributed by atoms with Gasteiger partial charge in [-0.25, -0.2) is 19.7 Å². The lowest BCUT2D eigenvalue weighted by Crippen LogP contribution is -2.71. The molecule has 0 saturated carbocycles. The predicted octanol–water partition coefficient (Wildman–Crippen LogP) is 9.14. The fraction of sp³-hybridized carbons (Fsp3) is 0.196. The number of thiazole rings is 1. The fourth-order valence-corrected chi connectivity index (χ4v) is 12.0. The highest BCUT2D eigenvalue weighted by Crippen LogP contribution is 2.46. The van der Waals surface area contributed by atoms with Crippen molar-refractivity contribution in [1.82, 2.24) is 35.8 Å². The van der Waals surface area contributed by atoms with E-state index >= 15 is 0 Å². The maximum atomic E-state index is 14.9. The highest BCUT2D eigenvalue weighted by molar-refractivity contribution is 8.18. The van der Waals surface area contributed by atoms with Crippen molar-refractivity contribution >= 4 is 81.3 Å². The van der Waals surface area contributed by atoms with E-state index in [-0.39, 0.29) is 22.2 Å². The minimum absolute atomic E-state index is 0.0525. The summed E-state index contributed by atoms with van der Waals surface area (Å²) in [5.74, 6) is -1.72. The van der Waals surface area contributed by atoms with Crippen LogP contribution in [0.4, 0.5) is 9.93 Å². The molecule has 2 atom stereocenters. The maximum Gasteiger partial charge on any atom is 0.413 e. The number of fused-ring (bicyclic) bond motifs is 1. The third-order valence-electron chi connectivity index (χ3n) is 11.0. The molecule has 9 rings (SSSR count). The number of aromatic amines is 1. The van der Waals surface area contributed by atoms with Crippen molar-refractivity contribution in [2.24, 2.45) is 5.16 Å². The number of amides is 3. The van der Waals surface area contributed by atoms with Gasteiger partial charge in [0.25, 0.3) is 11.8 Å². The number of oxime groups is 1. The Morgan fingerprint density at radius 2 is 1.38 bits per heavy atom. The summed E-state index contributed by atoms with van der Waals surface area (Å²) in [6.07, 6.45) is -1.53. The highest BCUT2D eigenvalue weighted by atomic mass is 32.2. The molecule has 16 nitrogen and oxygen atoms in total. The van der Waals surface area contributed by atoms with E-state index in [1.807, 2.05) is 152 Å². The molecule has 2 aliphatic rings. The van der Waals surface area contributed by atoms with E-state index in [9.17, 15) is 19.2 Å². The van der Waals surface area contributed by atoms with E-state index < -0.39 is 52.6 Å². The molecule has 0 unspecified atom stereocenters. The van der Waals surface area contributed by atoms with E-state index in [2.05, 4.69) is 41.4 Å². The van der Waals surface area contributed by atoms with Crippen molar-refractivity contribution in [3.8, 4) is 0 Å². The number of nitrogens with one attached hydrogen (secondary N) is 3. The number of β-lactam (4-membered cyclic amide) rings is 1. The molecular formula is C51H45N9O7S4. The number of aromatic nitrogens is 5. The van der Waals surface area contributed by atoms with Crippen LogP contribution >= 0.6 is 46.6 Å². The predicted molar refractivity (Wildman–Crippen MR) is 274 cm³/mol. The van der Waals surface area contributed by atoms with Crippen LogP contribution in [0.1, 0.15) is 60.4 Å². The Hall–Kier alpha value is -7.26. The Balaban J connectivity index is 1.05. The lowest BCUT2D eigenvalue weighted by Gasteiger charge is -2.49. The number of esters is 1. The summed E-state index contributed by atoms with van der Waals surface area (Å²) in [5.41, 5.74) is 1.31. The van der Waals surface area contributed by atoms with Gasteiger partial charge in [0.1, 0.15) is 28.4 Å². The van der Waals surface area contributed by atoms with Gasteiger partial charge >= 0.3 is 12.1 Å². The summed E-state index contributed by atoms with van der Waals surface area (Å²) in [6, 6.07) is 46.1. The monoisotopic (exact) mass is 1020 g/mol. The molecule has 1 saturated heterocycles. The largest absolute Gasteiger partial charge is 0.448 e. The number of anilines is 1. The van der Waals surface area contributed by atoms with E-state index in [1.54, 1.807) is 26.2 Å². The molecular weight excluding hydrogens is 979 g/mol. The van der Waals surface area contributed by atoms with Crippen molar-refractivity contribution in [1.29, 1.82) is 0 Å². The van der Waals surface area contributed by atoms with Crippen LogP contribution in [0.5, 0.6) is 0 Å². The molecule has 3 amide bonds. The second-order valence-corrected chi connectivity index (χ2v) is 21.2. The van der Waals surface area contributed by atoms with Gasteiger partial charge in [-0.15, -0.1) is 40.0 Å². The minimum atomic E-state index is -1.39. The molecule has 4 heterocycles. The van der Waals surface area contributed by atoms with Gasteiger partial charge in [0.15, 0.2) is 16.9 Å². The van der Waals surface area contributed by atoms with Crippen LogP contribution in [0.25, 0.3) is 0 Å². The second-order valence-electron chi connectivity index (χ2n) is 16.8. The Bertz CT molecular complexity index is 2900. The van der Waals surface area contributed by atoms with Crippen LogP contribution in [0.15, 0.2) is 178 Å². The van der Waals surface area contributed by atoms with E-state index in [0.717, 1.165) is 22.5 Å². The highest BCUT2D eigenvalue weighted by Gasteiger charge is 2.55. The Morgan fingerprint density at radius 3 is 1.92 bits per heavy atom. The number of thioether (sulfide) groups is 3. The van der Waals surface area contributed by atoms with Gasteiger partial charge in [0.05, 0.1) is 5.08 Å². The van der Waals surface area contributed by atoms with Gasteiger partial charge in [-0.05, 0) is 42.3 Å². The molecule has 0 radical (unpaired) electrons. The first-order valence-corrected chi connectivity index (χ1v) is 26.1. The molecule has 1 fully saturated rings. The van der Waals surface area contributed by atoms with Crippen molar-refractivity contribution in [2.75, 3.05) is 16.2 Å². The smallest absolute Gasteiger partial charge is 0.413 e. The zero-order valence-corrected chi connectivity index (χ0v) is 41.6. The first-order valence-electron chi connectivity index (χ1n) is 22.2. The standard InChI is InChI=1S/C51H45N9O7S4/c1-50(2,3)66-49(64)54-47-52-37(29-69-47)39(57-67-51(34-23-13-6-14-24-34,35-25-15-7-16-26-35)36-27-17-8-18-28-36)43(61)53-40-44(62)60-41(38(30-68-45(40)60)70-31-71-48-55-58-59-56-48)46(63)65-42(32-19-9-4-10-20-32)33-21-11-5-12-22-33/h4-29,40,42,45H,30-31H2,1-3H3,(H,53,61)(H,52,54,64)(H,55,56,58,59)/b57-39-/t40-,45-/m1/s1. The van der Waals surface area contributed by atoms with E-state index in [0.29, 0.717) is 37.6 Å². The lowest BCUT2D eigenvalue weighted by atomic mass is 9.80. The molecule has 3 N–H and O–H groups in total. The van der Waals surface area contributed by atoms with Crippen molar-refractivity contribution in [3.63, 3.8) is 0 Å². The van der Waals surface area contributed by atoms with Crippen molar-refractivity contribution in [2.45, 2.75) is 54.6 Å². The quantitative estimate of drug-likeness (QED) is 0.0148. The normalized spacial score (nSPS) is 15.9. The summed E-state index contributed by atoms with van der Waals surface area (Å²) in [4.78, 5) is 70.4. The first-order chi connectivity index (χ1) is 34.5. The maximum absolute atomic E-state index is 14.9. The number of carbonyl (C=O) groups excluding carboxylic acids is 4. The molecule has 360 valence electrons. The number of carbonyl (C=O) groups is 4.